The van der Waals surface area contributed by atoms with Crippen LogP contribution in [0.1, 0.15) is 42.4 Å². The quantitative estimate of drug-likeness (QED) is 0.607. The fourth-order valence-corrected chi connectivity index (χ4v) is 4.67. The Balaban J connectivity index is 1.60. The van der Waals surface area contributed by atoms with Crippen LogP contribution in [-0.4, -0.2) is 30.9 Å². The first-order valence-electron chi connectivity index (χ1n) is 10.4. The third kappa shape index (κ3) is 3.18. The van der Waals surface area contributed by atoms with E-state index in [-0.39, 0.29) is 11.8 Å². The molecule has 2 aromatic carbocycles. The van der Waals surface area contributed by atoms with Gasteiger partial charge in [-0.1, -0.05) is 23.8 Å². The van der Waals surface area contributed by atoms with Crippen LogP contribution < -0.4 is 4.90 Å². The number of para-hydroxylation sites is 1. The highest BCUT2D eigenvalue weighted by molar-refractivity contribution is 5.99. The van der Waals surface area contributed by atoms with E-state index < -0.39 is 11.7 Å². The molecular weight excluding hydrogens is 389 g/mol. The van der Waals surface area contributed by atoms with Gasteiger partial charge in [-0.05, 0) is 55.5 Å². The molecule has 1 saturated carbocycles. The highest BCUT2D eigenvalue weighted by Crippen LogP contribution is 2.48. The number of carbonyl (C=O) groups is 1. The summed E-state index contributed by atoms with van der Waals surface area (Å²) in [6.45, 7) is 1.28. The van der Waals surface area contributed by atoms with Crippen LogP contribution >= 0.6 is 0 Å². The van der Waals surface area contributed by atoms with Gasteiger partial charge in [0.1, 0.15) is 0 Å². The van der Waals surface area contributed by atoms with Crippen LogP contribution in [0.3, 0.4) is 0 Å². The second-order valence-corrected chi connectivity index (χ2v) is 8.38. The lowest BCUT2D eigenvalue weighted by Crippen LogP contribution is -2.37. The molecule has 5 rings (SSSR count). The highest BCUT2D eigenvalue weighted by atomic mass is 19.4. The number of alkyl halides is 3. The van der Waals surface area contributed by atoms with Crippen molar-refractivity contribution in [2.24, 2.45) is 5.92 Å². The minimum atomic E-state index is -4.39. The molecule has 6 heteroatoms. The van der Waals surface area contributed by atoms with Crippen LogP contribution in [-0.2, 0) is 11.0 Å². The number of carbonyl (C=O) groups excluding carboxylic acids is 1. The molecule has 0 bridgehead atoms. The van der Waals surface area contributed by atoms with Crippen LogP contribution in [0.2, 0.25) is 0 Å². The maximum absolute atomic E-state index is 13.5. The Labute approximate surface area is 173 Å². The SMILES string of the molecule is CN1c2ccccc2C(=C2CCN(C(=O)C3CC3)CC2)c2cc(C(F)(F)F)ccc21. The molecule has 2 aromatic rings. The minimum Gasteiger partial charge on any atom is -0.344 e. The van der Waals surface area contributed by atoms with E-state index in [1.54, 1.807) is 6.07 Å². The maximum Gasteiger partial charge on any atom is 0.416 e. The first kappa shape index (κ1) is 19.2. The lowest BCUT2D eigenvalue weighted by atomic mass is 9.83. The summed E-state index contributed by atoms with van der Waals surface area (Å²) in [6.07, 6.45) is -1.03. The van der Waals surface area contributed by atoms with E-state index in [0.29, 0.717) is 31.5 Å². The van der Waals surface area contributed by atoms with Crippen molar-refractivity contribution in [2.75, 3.05) is 25.0 Å². The third-order valence-corrected chi connectivity index (χ3v) is 6.45. The Morgan fingerprint density at radius 3 is 2.30 bits per heavy atom. The molecule has 0 spiro atoms. The summed E-state index contributed by atoms with van der Waals surface area (Å²) >= 11 is 0. The Morgan fingerprint density at radius 2 is 1.63 bits per heavy atom. The Bertz CT molecular complexity index is 1040. The average Bonchev–Trinajstić information content (AvgIpc) is 3.58. The summed E-state index contributed by atoms with van der Waals surface area (Å²) < 4.78 is 40.4. The van der Waals surface area contributed by atoms with Gasteiger partial charge in [0.15, 0.2) is 0 Å². The first-order chi connectivity index (χ1) is 14.3. The summed E-state index contributed by atoms with van der Waals surface area (Å²) in [5.41, 5.74) is 4.77. The number of amides is 1. The van der Waals surface area contributed by atoms with Gasteiger partial charge in [0.2, 0.25) is 5.91 Å². The number of anilines is 2. The van der Waals surface area contributed by atoms with Gasteiger partial charge >= 0.3 is 6.18 Å². The molecule has 0 unspecified atom stereocenters. The Morgan fingerprint density at radius 1 is 0.967 bits per heavy atom. The zero-order valence-electron chi connectivity index (χ0n) is 16.8. The van der Waals surface area contributed by atoms with Crippen molar-refractivity contribution in [2.45, 2.75) is 31.9 Å². The monoisotopic (exact) mass is 412 g/mol. The van der Waals surface area contributed by atoms with Gasteiger partial charge in [-0.3, -0.25) is 4.79 Å². The van der Waals surface area contributed by atoms with Gasteiger partial charge in [-0.25, -0.2) is 0 Å². The number of piperidine rings is 1. The molecule has 2 aliphatic heterocycles. The molecule has 30 heavy (non-hydrogen) atoms. The minimum absolute atomic E-state index is 0.193. The second kappa shape index (κ2) is 6.89. The second-order valence-electron chi connectivity index (χ2n) is 8.38. The average molecular weight is 412 g/mol. The molecule has 1 aliphatic carbocycles. The lowest BCUT2D eigenvalue weighted by Gasteiger charge is -2.36. The Hall–Kier alpha value is -2.76. The highest BCUT2D eigenvalue weighted by Gasteiger charge is 2.36. The van der Waals surface area contributed by atoms with Crippen molar-refractivity contribution in [1.29, 1.82) is 0 Å². The Kier molecular flexibility index (Phi) is 4.42. The maximum atomic E-state index is 13.5. The first-order valence-corrected chi connectivity index (χ1v) is 10.4. The molecule has 2 heterocycles. The van der Waals surface area contributed by atoms with Crippen molar-refractivity contribution in [3.8, 4) is 0 Å². The third-order valence-electron chi connectivity index (χ3n) is 6.45. The zero-order chi connectivity index (χ0) is 21.0. The van der Waals surface area contributed by atoms with E-state index in [9.17, 15) is 18.0 Å². The van der Waals surface area contributed by atoms with Crippen molar-refractivity contribution < 1.29 is 18.0 Å². The topological polar surface area (TPSA) is 23.6 Å². The van der Waals surface area contributed by atoms with E-state index in [2.05, 4.69) is 0 Å². The standard InChI is InChI=1S/C24H23F3N2O/c1-28-20-5-3-2-4-18(20)22(19-14-17(24(25,26)27)8-9-21(19)28)15-10-12-29(13-11-15)23(30)16-6-7-16/h2-5,8-9,14,16H,6-7,10-13H2,1H3. The summed E-state index contributed by atoms with van der Waals surface area (Å²) in [5.74, 6) is 0.431. The molecule has 0 N–H and O–H groups in total. The predicted molar refractivity (Wildman–Crippen MR) is 111 cm³/mol. The normalized spacial score (nSPS) is 18.9. The molecule has 2 fully saturated rings. The molecule has 3 nitrogen and oxygen atoms in total. The molecule has 3 aliphatic rings. The van der Waals surface area contributed by atoms with Crippen LogP contribution in [0, 0.1) is 5.92 Å². The number of halogens is 3. The number of rotatable bonds is 1. The van der Waals surface area contributed by atoms with Gasteiger partial charge < -0.3 is 9.80 Å². The van der Waals surface area contributed by atoms with Gasteiger partial charge in [0.25, 0.3) is 0 Å². The summed E-state index contributed by atoms with van der Waals surface area (Å²) in [5, 5.41) is 0. The van der Waals surface area contributed by atoms with Gasteiger partial charge in [0.05, 0.1) is 5.56 Å². The fourth-order valence-electron chi connectivity index (χ4n) is 4.67. The lowest BCUT2D eigenvalue weighted by molar-refractivity contribution is -0.137. The number of likely N-dealkylation sites (tertiary alicyclic amines) is 1. The van der Waals surface area contributed by atoms with Crippen LogP contribution in [0.5, 0.6) is 0 Å². The summed E-state index contributed by atoms with van der Waals surface area (Å²) in [4.78, 5) is 16.3. The molecule has 1 saturated heterocycles. The molecular formula is C24H23F3N2O. The largest absolute Gasteiger partial charge is 0.416 e. The van der Waals surface area contributed by atoms with Crippen molar-refractivity contribution in [3.63, 3.8) is 0 Å². The molecule has 156 valence electrons. The van der Waals surface area contributed by atoms with Crippen LogP contribution in [0.15, 0.2) is 48.0 Å². The zero-order valence-corrected chi connectivity index (χ0v) is 16.8. The van der Waals surface area contributed by atoms with E-state index in [1.807, 2.05) is 41.1 Å². The molecule has 0 radical (unpaired) electrons. The number of fused-ring (bicyclic) bond motifs is 2. The number of hydrogen-bond donors (Lipinski definition) is 0. The van der Waals surface area contributed by atoms with E-state index in [0.717, 1.165) is 47.0 Å². The molecule has 0 atom stereocenters. The van der Waals surface area contributed by atoms with Gasteiger partial charge in [0, 0.05) is 48.6 Å². The number of hydrogen-bond acceptors (Lipinski definition) is 2. The smallest absolute Gasteiger partial charge is 0.344 e. The summed E-state index contributed by atoms with van der Waals surface area (Å²) in [6, 6.07) is 11.9. The van der Waals surface area contributed by atoms with Crippen molar-refractivity contribution >= 4 is 22.9 Å². The van der Waals surface area contributed by atoms with Crippen molar-refractivity contribution in [3.05, 3.63) is 64.7 Å². The predicted octanol–water partition coefficient (Wildman–Crippen LogP) is 5.62. The summed E-state index contributed by atoms with van der Waals surface area (Å²) in [7, 11) is 1.89. The van der Waals surface area contributed by atoms with E-state index in [1.165, 1.54) is 6.07 Å². The van der Waals surface area contributed by atoms with Crippen LogP contribution in [0.25, 0.3) is 5.57 Å². The number of benzene rings is 2. The molecule has 0 aromatic heterocycles. The van der Waals surface area contributed by atoms with Crippen molar-refractivity contribution in [1.82, 2.24) is 4.90 Å². The van der Waals surface area contributed by atoms with Gasteiger partial charge in [-0.2, -0.15) is 13.2 Å². The number of nitrogens with zero attached hydrogens (tertiary/aromatic N) is 2. The fraction of sp³-hybridized carbons (Fsp3) is 0.375. The molecule has 1 amide bonds. The van der Waals surface area contributed by atoms with E-state index >= 15 is 0 Å². The van der Waals surface area contributed by atoms with E-state index in [4.69, 9.17) is 0 Å². The van der Waals surface area contributed by atoms with Crippen LogP contribution in [0.4, 0.5) is 24.5 Å². The van der Waals surface area contributed by atoms with Gasteiger partial charge in [-0.15, -0.1) is 0 Å².